The molecule has 1 atom stereocenters. The van der Waals surface area contributed by atoms with Crippen LogP contribution in [0, 0.1) is 3.70 Å². The van der Waals surface area contributed by atoms with Crippen LogP contribution in [0.4, 0.5) is 0 Å². The molecular weight excluding hydrogens is 371 g/mol. The van der Waals surface area contributed by atoms with Gasteiger partial charge in [-0.15, -0.1) is 0 Å². The fourth-order valence-electron chi connectivity index (χ4n) is 2.57. The largest absolute Gasteiger partial charge is 0.496 e. The predicted octanol–water partition coefficient (Wildman–Crippen LogP) is 3.16. The molecule has 1 aromatic carbocycles. The van der Waals surface area contributed by atoms with Crippen LogP contribution in [-0.2, 0) is 4.74 Å². The summed E-state index contributed by atoms with van der Waals surface area (Å²) in [5, 5.41) is 5.52. The molecule has 5 nitrogen and oxygen atoms in total. The number of methoxy groups -OCH3 is 1. The van der Waals surface area contributed by atoms with E-state index in [1.54, 1.807) is 13.2 Å². The summed E-state index contributed by atoms with van der Waals surface area (Å²) in [4.78, 5) is 11.1. The lowest BCUT2D eigenvalue weighted by Crippen LogP contribution is -2.19. The standard InChI is InChI=1S/C14H15IN2O3/c1-19-11-7-9(8-18)6-10-13(11)14(15)16-17(10)12-4-2-3-5-20-12/h6-8,12H,2-5H2,1H3. The third kappa shape index (κ3) is 2.31. The van der Waals surface area contributed by atoms with Crippen molar-refractivity contribution in [2.75, 3.05) is 13.7 Å². The van der Waals surface area contributed by atoms with Crippen molar-refractivity contribution in [2.45, 2.75) is 25.5 Å². The Labute approximate surface area is 130 Å². The van der Waals surface area contributed by atoms with Crippen LogP contribution in [0.2, 0.25) is 0 Å². The average Bonchev–Trinajstić information content (AvgIpc) is 2.84. The number of aldehydes is 1. The molecule has 1 saturated heterocycles. The van der Waals surface area contributed by atoms with Crippen molar-refractivity contribution >= 4 is 39.8 Å². The Balaban J connectivity index is 2.19. The number of hydrogen-bond acceptors (Lipinski definition) is 4. The van der Waals surface area contributed by atoms with Crippen molar-refractivity contribution < 1.29 is 14.3 Å². The highest BCUT2D eigenvalue weighted by atomic mass is 127. The molecule has 3 rings (SSSR count). The number of halogens is 1. The lowest BCUT2D eigenvalue weighted by Gasteiger charge is -2.23. The minimum Gasteiger partial charge on any atom is -0.496 e. The number of fused-ring (bicyclic) bond motifs is 1. The molecule has 1 aliphatic rings. The van der Waals surface area contributed by atoms with Crippen LogP contribution in [0.3, 0.4) is 0 Å². The van der Waals surface area contributed by atoms with Crippen LogP contribution < -0.4 is 4.74 Å². The molecule has 0 saturated carbocycles. The van der Waals surface area contributed by atoms with Gasteiger partial charge in [0.2, 0.25) is 0 Å². The summed E-state index contributed by atoms with van der Waals surface area (Å²) in [6.07, 6.45) is 3.94. The van der Waals surface area contributed by atoms with Crippen molar-refractivity contribution in [3.8, 4) is 5.75 Å². The highest BCUT2D eigenvalue weighted by molar-refractivity contribution is 14.1. The Morgan fingerprint density at radius 1 is 1.50 bits per heavy atom. The molecule has 0 N–H and O–H groups in total. The summed E-state index contributed by atoms with van der Waals surface area (Å²) >= 11 is 2.19. The summed E-state index contributed by atoms with van der Waals surface area (Å²) in [6, 6.07) is 3.59. The van der Waals surface area contributed by atoms with E-state index in [0.29, 0.717) is 11.3 Å². The summed E-state index contributed by atoms with van der Waals surface area (Å²) < 4.78 is 13.9. The maximum absolute atomic E-state index is 11.1. The van der Waals surface area contributed by atoms with Gasteiger partial charge in [-0.25, -0.2) is 4.68 Å². The molecule has 0 radical (unpaired) electrons. The molecule has 0 spiro atoms. The first-order valence-electron chi connectivity index (χ1n) is 6.57. The third-order valence-electron chi connectivity index (χ3n) is 3.54. The Morgan fingerprint density at radius 3 is 3.00 bits per heavy atom. The number of hydrogen-bond donors (Lipinski definition) is 0. The monoisotopic (exact) mass is 386 g/mol. The van der Waals surface area contributed by atoms with Gasteiger partial charge in [0.1, 0.15) is 15.7 Å². The number of ether oxygens (including phenoxy) is 2. The van der Waals surface area contributed by atoms with E-state index in [0.717, 1.165) is 46.8 Å². The van der Waals surface area contributed by atoms with Gasteiger partial charge in [-0.2, -0.15) is 5.10 Å². The zero-order valence-electron chi connectivity index (χ0n) is 11.1. The summed E-state index contributed by atoms with van der Waals surface area (Å²) in [6.45, 7) is 0.757. The molecule has 20 heavy (non-hydrogen) atoms. The Kier molecular flexibility index (Phi) is 3.93. The molecule has 1 fully saturated rings. The molecule has 0 bridgehead atoms. The van der Waals surface area contributed by atoms with Crippen molar-refractivity contribution in [1.82, 2.24) is 9.78 Å². The quantitative estimate of drug-likeness (QED) is 0.601. The SMILES string of the molecule is COc1cc(C=O)cc2c1c(I)nn2C1CCCCO1. The van der Waals surface area contributed by atoms with E-state index in [1.807, 2.05) is 10.7 Å². The topological polar surface area (TPSA) is 53.3 Å². The van der Waals surface area contributed by atoms with Gasteiger partial charge >= 0.3 is 0 Å². The van der Waals surface area contributed by atoms with Gasteiger partial charge in [0.05, 0.1) is 18.0 Å². The highest BCUT2D eigenvalue weighted by Gasteiger charge is 2.22. The zero-order valence-corrected chi connectivity index (χ0v) is 13.3. The van der Waals surface area contributed by atoms with Gasteiger partial charge in [0.25, 0.3) is 0 Å². The van der Waals surface area contributed by atoms with E-state index in [-0.39, 0.29) is 6.23 Å². The minimum absolute atomic E-state index is 0.0543. The number of carbonyl (C=O) groups excluding carboxylic acids is 1. The van der Waals surface area contributed by atoms with Crippen LogP contribution in [0.5, 0.6) is 5.75 Å². The lowest BCUT2D eigenvalue weighted by atomic mass is 10.1. The van der Waals surface area contributed by atoms with Crippen LogP contribution in [-0.4, -0.2) is 29.8 Å². The molecular formula is C14H15IN2O3. The number of benzene rings is 1. The molecule has 1 unspecified atom stereocenters. The fraction of sp³-hybridized carbons (Fsp3) is 0.429. The van der Waals surface area contributed by atoms with Gasteiger partial charge in [-0.05, 0) is 54.0 Å². The number of aromatic nitrogens is 2. The fourth-order valence-corrected chi connectivity index (χ4v) is 3.35. The first-order chi connectivity index (χ1) is 9.74. The van der Waals surface area contributed by atoms with Crippen LogP contribution in [0.25, 0.3) is 10.9 Å². The number of rotatable bonds is 3. The predicted molar refractivity (Wildman–Crippen MR) is 83.2 cm³/mol. The van der Waals surface area contributed by atoms with E-state index in [9.17, 15) is 4.79 Å². The maximum Gasteiger partial charge on any atom is 0.150 e. The zero-order chi connectivity index (χ0) is 14.1. The second-order valence-electron chi connectivity index (χ2n) is 4.79. The molecule has 1 aliphatic heterocycles. The van der Waals surface area contributed by atoms with Crippen LogP contribution >= 0.6 is 22.6 Å². The molecule has 0 amide bonds. The van der Waals surface area contributed by atoms with Crippen LogP contribution in [0.15, 0.2) is 12.1 Å². The van der Waals surface area contributed by atoms with Gasteiger partial charge in [0, 0.05) is 12.2 Å². The summed E-state index contributed by atoms with van der Waals surface area (Å²) in [5.74, 6) is 0.677. The lowest BCUT2D eigenvalue weighted by molar-refractivity contribution is -0.0368. The minimum atomic E-state index is -0.0543. The Bertz CT molecular complexity index is 647. The van der Waals surface area contributed by atoms with Gasteiger partial charge in [0.15, 0.2) is 6.23 Å². The van der Waals surface area contributed by atoms with Crippen molar-refractivity contribution in [1.29, 1.82) is 0 Å². The molecule has 1 aromatic heterocycles. The van der Waals surface area contributed by atoms with E-state index < -0.39 is 0 Å². The van der Waals surface area contributed by atoms with E-state index in [4.69, 9.17) is 9.47 Å². The van der Waals surface area contributed by atoms with Crippen molar-refractivity contribution in [2.24, 2.45) is 0 Å². The average molecular weight is 386 g/mol. The van der Waals surface area contributed by atoms with Crippen molar-refractivity contribution in [3.63, 3.8) is 0 Å². The number of nitrogens with zero attached hydrogens (tertiary/aromatic N) is 2. The van der Waals surface area contributed by atoms with Crippen LogP contribution in [0.1, 0.15) is 35.8 Å². The molecule has 2 aromatic rings. The highest BCUT2D eigenvalue weighted by Crippen LogP contribution is 2.34. The Hall–Kier alpha value is -1.15. The van der Waals surface area contributed by atoms with E-state index >= 15 is 0 Å². The van der Waals surface area contributed by atoms with Gasteiger partial charge in [-0.1, -0.05) is 0 Å². The molecule has 6 heteroatoms. The summed E-state index contributed by atoms with van der Waals surface area (Å²) in [5.41, 5.74) is 1.48. The van der Waals surface area contributed by atoms with E-state index in [1.165, 1.54) is 0 Å². The smallest absolute Gasteiger partial charge is 0.150 e. The number of carbonyl (C=O) groups is 1. The van der Waals surface area contributed by atoms with Gasteiger partial charge in [-0.3, -0.25) is 4.79 Å². The second kappa shape index (κ2) is 5.69. The maximum atomic E-state index is 11.1. The normalized spacial score (nSPS) is 19.2. The first-order valence-corrected chi connectivity index (χ1v) is 7.65. The third-order valence-corrected chi connectivity index (χ3v) is 4.29. The molecule has 0 aliphatic carbocycles. The van der Waals surface area contributed by atoms with Crippen molar-refractivity contribution in [3.05, 3.63) is 21.4 Å². The second-order valence-corrected chi connectivity index (χ2v) is 5.81. The summed E-state index contributed by atoms with van der Waals surface area (Å²) in [7, 11) is 1.61. The van der Waals surface area contributed by atoms with Gasteiger partial charge < -0.3 is 9.47 Å². The first kappa shape index (κ1) is 13.8. The molecule has 106 valence electrons. The van der Waals surface area contributed by atoms with E-state index in [2.05, 4.69) is 27.7 Å². The molecule has 2 heterocycles. The Morgan fingerprint density at radius 2 is 2.35 bits per heavy atom.